The molecule has 2 aliphatic rings. The summed E-state index contributed by atoms with van der Waals surface area (Å²) >= 11 is 0. The first-order chi connectivity index (χ1) is 15.1. The van der Waals surface area contributed by atoms with Gasteiger partial charge < -0.3 is 14.6 Å². The molecule has 1 aliphatic heterocycles. The highest BCUT2D eigenvalue weighted by molar-refractivity contribution is 5.93. The summed E-state index contributed by atoms with van der Waals surface area (Å²) in [6, 6.07) is 11.8. The lowest BCUT2D eigenvalue weighted by molar-refractivity contribution is -0.119. The van der Waals surface area contributed by atoms with Crippen molar-refractivity contribution in [2.24, 2.45) is 0 Å². The first-order valence-corrected chi connectivity index (χ1v) is 11.1. The maximum atomic E-state index is 12.9. The number of ketones is 1. The molecule has 0 bridgehead atoms. The van der Waals surface area contributed by atoms with E-state index in [0.717, 1.165) is 42.7 Å². The van der Waals surface area contributed by atoms with Gasteiger partial charge in [-0.2, -0.15) is 4.98 Å². The predicted octanol–water partition coefficient (Wildman–Crippen LogP) is 3.79. The van der Waals surface area contributed by atoms with Crippen molar-refractivity contribution in [3.63, 3.8) is 0 Å². The Hall–Kier alpha value is -3.35. The molecule has 158 valence electrons. The molecule has 7 heteroatoms. The Morgan fingerprint density at radius 3 is 2.48 bits per heavy atom. The molecule has 1 saturated heterocycles. The van der Waals surface area contributed by atoms with E-state index in [4.69, 9.17) is 0 Å². The Balaban J connectivity index is 1.67. The lowest BCUT2D eigenvalue weighted by Crippen LogP contribution is -2.33. The van der Waals surface area contributed by atoms with Crippen LogP contribution in [0.2, 0.25) is 0 Å². The van der Waals surface area contributed by atoms with Crippen molar-refractivity contribution in [2.45, 2.75) is 44.6 Å². The number of carbonyl (C=O) groups is 1. The number of imidazole rings is 1. The number of fused-ring (bicyclic) bond motifs is 5. The largest absolute Gasteiger partial charge is 0.507 e. The number of hydrogen-bond acceptors (Lipinski definition) is 5. The monoisotopic (exact) mass is 416 g/mol. The minimum absolute atomic E-state index is 0.0410. The maximum absolute atomic E-state index is 12.9. The second-order valence-electron chi connectivity index (χ2n) is 8.73. The van der Waals surface area contributed by atoms with Gasteiger partial charge in [0.25, 0.3) is 5.56 Å². The highest BCUT2D eigenvalue weighted by Gasteiger charge is 2.26. The molecule has 0 spiro atoms. The van der Waals surface area contributed by atoms with Gasteiger partial charge in [-0.1, -0.05) is 18.9 Å². The molecule has 1 N–H and O–H groups in total. The number of nitrogens with zero attached hydrogens (tertiary/aromatic N) is 4. The van der Waals surface area contributed by atoms with Crippen LogP contribution in [-0.2, 0) is 4.79 Å². The first kappa shape index (κ1) is 18.4. The Bertz CT molecular complexity index is 1400. The van der Waals surface area contributed by atoms with Crippen LogP contribution in [-0.4, -0.2) is 37.9 Å². The van der Waals surface area contributed by atoms with E-state index in [1.165, 1.54) is 18.9 Å². The van der Waals surface area contributed by atoms with Gasteiger partial charge in [0.15, 0.2) is 0 Å². The number of carbonyl (C=O) groups excluding carboxylic acids is 1. The number of Topliss-reactive ketones (excluding diaryl/α,β-unsaturated/α-hetero) is 1. The minimum atomic E-state index is -0.398. The highest BCUT2D eigenvalue weighted by Crippen LogP contribution is 2.37. The van der Waals surface area contributed by atoms with Gasteiger partial charge >= 0.3 is 0 Å². The SMILES string of the molecule is O=C1CCN(c2ccc3c(c2)n(C2CCCC2)c2nc(=O)c4c(O)cccc4n32)CC1. The van der Waals surface area contributed by atoms with Gasteiger partial charge in [0.2, 0.25) is 5.78 Å². The van der Waals surface area contributed by atoms with E-state index in [2.05, 4.69) is 32.7 Å². The van der Waals surface area contributed by atoms with E-state index in [1.807, 2.05) is 10.5 Å². The summed E-state index contributed by atoms with van der Waals surface area (Å²) in [6.07, 6.45) is 5.64. The van der Waals surface area contributed by atoms with E-state index in [1.54, 1.807) is 6.07 Å². The summed E-state index contributed by atoms with van der Waals surface area (Å²) in [5.41, 5.74) is 3.39. The fraction of sp³-hybridized carbons (Fsp3) is 0.375. The van der Waals surface area contributed by atoms with Crippen LogP contribution in [0.5, 0.6) is 5.75 Å². The second kappa shape index (κ2) is 6.83. The molecule has 0 radical (unpaired) electrons. The molecule has 1 aliphatic carbocycles. The number of anilines is 1. The van der Waals surface area contributed by atoms with E-state index in [-0.39, 0.29) is 11.1 Å². The van der Waals surface area contributed by atoms with E-state index < -0.39 is 5.56 Å². The first-order valence-electron chi connectivity index (χ1n) is 11.1. The maximum Gasteiger partial charge on any atom is 0.286 e. The smallest absolute Gasteiger partial charge is 0.286 e. The number of phenols is 1. The van der Waals surface area contributed by atoms with Gasteiger partial charge in [-0.25, -0.2) is 0 Å². The Morgan fingerprint density at radius 1 is 0.935 bits per heavy atom. The van der Waals surface area contributed by atoms with Gasteiger partial charge in [0.05, 0.1) is 16.6 Å². The number of piperidine rings is 1. The molecule has 0 atom stereocenters. The van der Waals surface area contributed by atoms with Crippen molar-refractivity contribution >= 4 is 39.2 Å². The number of phenolic OH excluding ortho intramolecular Hbond substituents is 1. The van der Waals surface area contributed by atoms with Gasteiger partial charge in [-0.05, 0) is 43.2 Å². The number of hydrogen-bond donors (Lipinski definition) is 1. The summed E-state index contributed by atoms with van der Waals surface area (Å²) in [6.45, 7) is 1.47. The van der Waals surface area contributed by atoms with Crippen molar-refractivity contribution < 1.29 is 9.90 Å². The topological polar surface area (TPSA) is 79.8 Å². The van der Waals surface area contributed by atoms with Crippen LogP contribution >= 0.6 is 0 Å². The molecule has 0 amide bonds. The average Bonchev–Trinajstić information content (AvgIpc) is 3.39. The highest BCUT2D eigenvalue weighted by atomic mass is 16.3. The fourth-order valence-electron chi connectivity index (χ4n) is 5.37. The zero-order valence-electron chi connectivity index (χ0n) is 17.3. The Kier molecular flexibility index (Phi) is 4.06. The molecule has 31 heavy (non-hydrogen) atoms. The summed E-state index contributed by atoms with van der Waals surface area (Å²) in [4.78, 5) is 31.3. The normalized spacial score (nSPS) is 18.1. The van der Waals surface area contributed by atoms with E-state index in [0.29, 0.717) is 36.0 Å². The molecule has 2 fully saturated rings. The molecular weight excluding hydrogens is 392 g/mol. The van der Waals surface area contributed by atoms with E-state index in [9.17, 15) is 14.7 Å². The standard InChI is InChI=1S/C24H24N4O3/c29-17-10-12-26(13-11-17)16-8-9-18-20(14-16)27(15-4-1-2-5-15)24-25-23(31)22-19(28(18)24)6-3-7-21(22)30/h3,6-9,14-15,30H,1-2,4-5,10-13H2. The number of aromatic nitrogens is 3. The zero-order valence-corrected chi connectivity index (χ0v) is 17.3. The van der Waals surface area contributed by atoms with Crippen molar-refractivity contribution in [2.75, 3.05) is 18.0 Å². The van der Waals surface area contributed by atoms with Crippen molar-refractivity contribution in [3.8, 4) is 5.75 Å². The number of rotatable bonds is 2. The summed E-state index contributed by atoms with van der Waals surface area (Å²) in [7, 11) is 0. The lowest BCUT2D eigenvalue weighted by Gasteiger charge is -2.28. The molecule has 4 aromatic rings. The van der Waals surface area contributed by atoms with Crippen LogP contribution < -0.4 is 10.5 Å². The van der Waals surface area contributed by atoms with Crippen LogP contribution in [0.4, 0.5) is 5.69 Å². The molecule has 1 saturated carbocycles. The third kappa shape index (κ3) is 2.76. The Morgan fingerprint density at radius 2 is 1.71 bits per heavy atom. The van der Waals surface area contributed by atoms with Crippen LogP contribution in [0.1, 0.15) is 44.6 Å². The summed E-state index contributed by atoms with van der Waals surface area (Å²) in [5, 5.41) is 10.6. The molecule has 3 heterocycles. The summed E-state index contributed by atoms with van der Waals surface area (Å²) < 4.78 is 4.24. The molecule has 0 unspecified atom stereocenters. The molecular formula is C24H24N4O3. The Labute approximate surface area is 178 Å². The predicted molar refractivity (Wildman–Crippen MR) is 120 cm³/mol. The zero-order chi connectivity index (χ0) is 21.1. The van der Waals surface area contributed by atoms with Gasteiger partial charge in [0.1, 0.15) is 16.9 Å². The van der Waals surface area contributed by atoms with Crippen LogP contribution in [0.15, 0.2) is 41.2 Å². The molecule has 7 nitrogen and oxygen atoms in total. The third-order valence-electron chi connectivity index (χ3n) is 6.93. The summed E-state index contributed by atoms with van der Waals surface area (Å²) in [5.74, 6) is 0.920. The minimum Gasteiger partial charge on any atom is -0.507 e. The van der Waals surface area contributed by atoms with Gasteiger partial charge in [-0.3, -0.25) is 14.0 Å². The van der Waals surface area contributed by atoms with Crippen LogP contribution in [0, 0.1) is 0 Å². The second-order valence-corrected chi connectivity index (χ2v) is 8.73. The third-order valence-corrected chi connectivity index (χ3v) is 6.93. The lowest BCUT2D eigenvalue weighted by atomic mass is 10.1. The molecule has 2 aromatic heterocycles. The van der Waals surface area contributed by atoms with E-state index >= 15 is 0 Å². The quantitative estimate of drug-likeness (QED) is 0.538. The van der Waals surface area contributed by atoms with Crippen molar-refractivity contribution in [1.29, 1.82) is 0 Å². The molecule has 6 rings (SSSR count). The molecule has 2 aromatic carbocycles. The number of benzene rings is 2. The van der Waals surface area contributed by atoms with Crippen LogP contribution in [0.25, 0.3) is 27.7 Å². The van der Waals surface area contributed by atoms with Gasteiger partial charge in [0, 0.05) is 37.7 Å². The number of aromatic hydroxyl groups is 1. The average molecular weight is 416 g/mol. The van der Waals surface area contributed by atoms with Crippen LogP contribution in [0.3, 0.4) is 0 Å². The van der Waals surface area contributed by atoms with Gasteiger partial charge in [-0.15, -0.1) is 0 Å². The van der Waals surface area contributed by atoms with Crippen molar-refractivity contribution in [1.82, 2.24) is 14.0 Å². The van der Waals surface area contributed by atoms with Crippen molar-refractivity contribution in [3.05, 3.63) is 46.8 Å². The fourth-order valence-corrected chi connectivity index (χ4v) is 5.37.